The first kappa shape index (κ1) is 33.9. The lowest BCUT2D eigenvalue weighted by molar-refractivity contribution is -0.137. The molecule has 14 heteroatoms. The van der Waals surface area contributed by atoms with Gasteiger partial charge < -0.3 is 26.4 Å². The Bertz CT molecular complexity index is 1870. The van der Waals surface area contributed by atoms with E-state index < -0.39 is 28.7 Å². The minimum atomic E-state index is -4.64. The first-order valence-electron chi connectivity index (χ1n) is 13.7. The van der Waals surface area contributed by atoms with Gasteiger partial charge in [-0.1, -0.05) is 48.0 Å². The second kappa shape index (κ2) is 15.4. The maximum atomic E-state index is 12.9. The summed E-state index contributed by atoms with van der Waals surface area (Å²) >= 11 is 5.57. The SMILES string of the molecule is CNC(=O)c1cc(Oc2ccc(NC(=O)Nc3ccc(Cl)c(C(F)(F)F)c3)cc2)ccn1.NC(=O)c1ncccc1-c1ccccc1. The van der Waals surface area contributed by atoms with Crippen molar-refractivity contribution in [1.29, 1.82) is 0 Å². The van der Waals surface area contributed by atoms with Crippen molar-refractivity contribution < 1.29 is 32.3 Å². The van der Waals surface area contributed by atoms with E-state index in [0.717, 1.165) is 23.3 Å². The van der Waals surface area contributed by atoms with E-state index in [-0.39, 0.29) is 17.3 Å². The van der Waals surface area contributed by atoms with E-state index in [1.165, 1.54) is 25.4 Å². The van der Waals surface area contributed by atoms with Crippen molar-refractivity contribution in [3.63, 3.8) is 0 Å². The highest BCUT2D eigenvalue weighted by molar-refractivity contribution is 6.31. The van der Waals surface area contributed by atoms with E-state index in [0.29, 0.717) is 22.9 Å². The number of aromatic nitrogens is 2. The van der Waals surface area contributed by atoms with Gasteiger partial charge in [0.15, 0.2) is 0 Å². The Hall–Kier alpha value is -5.95. The molecule has 47 heavy (non-hydrogen) atoms. The molecule has 0 saturated carbocycles. The number of urea groups is 1. The van der Waals surface area contributed by atoms with Crippen LogP contribution in [0.3, 0.4) is 0 Å². The van der Waals surface area contributed by atoms with E-state index >= 15 is 0 Å². The highest BCUT2D eigenvalue weighted by Gasteiger charge is 2.33. The summed E-state index contributed by atoms with van der Waals surface area (Å²) in [7, 11) is 1.49. The number of carbonyl (C=O) groups is 3. The van der Waals surface area contributed by atoms with Crippen molar-refractivity contribution in [2.45, 2.75) is 6.18 Å². The van der Waals surface area contributed by atoms with Crippen molar-refractivity contribution in [3.8, 4) is 22.6 Å². The van der Waals surface area contributed by atoms with Gasteiger partial charge in [0.25, 0.3) is 11.8 Å². The molecule has 240 valence electrons. The Morgan fingerprint density at radius 1 is 0.787 bits per heavy atom. The van der Waals surface area contributed by atoms with Gasteiger partial charge in [0.05, 0.1) is 10.6 Å². The molecule has 2 heterocycles. The van der Waals surface area contributed by atoms with Crippen LogP contribution < -0.4 is 26.4 Å². The van der Waals surface area contributed by atoms with Crippen LogP contribution in [0.15, 0.2) is 109 Å². The lowest BCUT2D eigenvalue weighted by Crippen LogP contribution is -2.19. The molecule has 0 atom stereocenters. The number of pyridine rings is 2. The number of carbonyl (C=O) groups excluding carboxylic acids is 3. The maximum Gasteiger partial charge on any atom is 0.417 e. The summed E-state index contributed by atoms with van der Waals surface area (Å²) in [5.41, 5.74) is 6.73. The molecule has 3 aromatic carbocycles. The number of alkyl halides is 3. The minimum absolute atomic E-state index is 0.0659. The number of nitrogens with zero attached hydrogens (tertiary/aromatic N) is 2. The zero-order valence-electron chi connectivity index (χ0n) is 24.5. The van der Waals surface area contributed by atoms with Crippen molar-refractivity contribution >= 4 is 40.8 Å². The summed E-state index contributed by atoms with van der Waals surface area (Å²) in [6.07, 6.45) is -1.65. The van der Waals surface area contributed by atoms with Crippen molar-refractivity contribution in [1.82, 2.24) is 15.3 Å². The summed E-state index contributed by atoms with van der Waals surface area (Å²) in [4.78, 5) is 42.8. The van der Waals surface area contributed by atoms with Crippen LogP contribution in [-0.2, 0) is 6.18 Å². The average molecular weight is 663 g/mol. The molecule has 0 bridgehead atoms. The third kappa shape index (κ3) is 9.52. The van der Waals surface area contributed by atoms with Crippen LogP contribution in [0, 0.1) is 0 Å². The quantitative estimate of drug-likeness (QED) is 0.143. The second-order valence-corrected chi connectivity index (χ2v) is 9.89. The third-order valence-corrected chi connectivity index (χ3v) is 6.52. The van der Waals surface area contributed by atoms with Crippen molar-refractivity contribution in [2.24, 2.45) is 5.73 Å². The lowest BCUT2D eigenvalue weighted by atomic mass is 10.0. The largest absolute Gasteiger partial charge is 0.457 e. The van der Waals surface area contributed by atoms with E-state index in [2.05, 4.69) is 25.9 Å². The van der Waals surface area contributed by atoms with Crippen LogP contribution in [0.5, 0.6) is 11.5 Å². The predicted molar refractivity (Wildman–Crippen MR) is 171 cm³/mol. The fourth-order valence-electron chi connectivity index (χ4n) is 4.04. The standard InChI is InChI=1S/C21H16ClF3N4O3.C12H10N2O/c1-26-19(30)18-11-15(8-9-27-18)32-14-5-2-12(3-6-14)28-20(31)29-13-4-7-17(22)16(10-13)21(23,24)25;13-12(15)11-10(7-4-8-14-11)9-5-2-1-3-6-9/h2-11H,1H3,(H,26,30)(H2,28,29,31);1-8H,(H2,13,15). The lowest BCUT2D eigenvalue weighted by Gasteiger charge is -2.12. The number of halogens is 4. The highest BCUT2D eigenvalue weighted by atomic mass is 35.5. The van der Waals surface area contributed by atoms with E-state index in [1.807, 2.05) is 36.4 Å². The molecule has 0 unspecified atom stereocenters. The molecule has 5 N–H and O–H groups in total. The summed E-state index contributed by atoms with van der Waals surface area (Å²) in [6.45, 7) is 0. The molecule has 10 nitrogen and oxygen atoms in total. The van der Waals surface area contributed by atoms with Crippen LogP contribution in [-0.4, -0.2) is 34.9 Å². The summed E-state index contributed by atoms with van der Waals surface area (Å²) in [5.74, 6) is -0.0451. The number of ether oxygens (including phenoxy) is 1. The normalized spacial score (nSPS) is 10.6. The summed E-state index contributed by atoms with van der Waals surface area (Å²) < 4.78 is 44.5. The smallest absolute Gasteiger partial charge is 0.417 e. The number of primary amides is 1. The zero-order chi connectivity index (χ0) is 34.0. The maximum absolute atomic E-state index is 12.9. The first-order chi connectivity index (χ1) is 22.4. The Morgan fingerprint density at radius 2 is 1.47 bits per heavy atom. The topological polar surface area (TPSA) is 148 Å². The van der Waals surface area contributed by atoms with Gasteiger partial charge in [-0.3, -0.25) is 19.6 Å². The number of nitrogens with two attached hydrogens (primary N) is 1. The van der Waals surface area contributed by atoms with Crippen molar-refractivity contribution in [2.75, 3.05) is 17.7 Å². The van der Waals surface area contributed by atoms with E-state index in [1.54, 1.807) is 42.6 Å². The Balaban J connectivity index is 0.000000277. The predicted octanol–water partition coefficient (Wildman–Crippen LogP) is 7.40. The molecule has 0 aliphatic rings. The van der Waals surface area contributed by atoms with Crippen molar-refractivity contribution in [3.05, 3.63) is 131 Å². The van der Waals surface area contributed by atoms with Crippen LogP contribution >= 0.6 is 11.6 Å². The molecule has 4 amide bonds. The molecule has 0 radical (unpaired) electrons. The molecule has 5 rings (SSSR count). The molecular formula is C33H26ClF3N6O4. The first-order valence-corrected chi connectivity index (χ1v) is 14.0. The number of anilines is 2. The van der Waals surface area contributed by atoms with E-state index in [4.69, 9.17) is 22.1 Å². The Morgan fingerprint density at radius 3 is 2.13 bits per heavy atom. The van der Waals surface area contributed by atoms with Gasteiger partial charge >= 0.3 is 12.2 Å². The highest BCUT2D eigenvalue weighted by Crippen LogP contribution is 2.36. The fourth-order valence-corrected chi connectivity index (χ4v) is 4.26. The Labute approximate surface area is 271 Å². The number of benzene rings is 3. The van der Waals surface area contributed by atoms with Crippen LogP contribution in [0.1, 0.15) is 26.5 Å². The van der Waals surface area contributed by atoms with Crippen LogP contribution in [0.4, 0.5) is 29.3 Å². The average Bonchev–Trinajstić information content (AvgIpc) is 3.06. The summed E-state index contributed by atoms with van der Waals surface area (Å²) in [6, 6.07) is 24.8. The fraction of sp³-hybridized carbons (Fsp3) is 0.0606. The minimum Gasteiger partial charge on any atom is -0.457 e. The molecule has 0 spiro atoms. The van der Waals surface area contributed by atoms with Crippen LogP contribution in [0.25, 0.3) is 11.1 Å². The molecule has 5 aromatic rings. The van der Waals surface area contributed by atoms with Gasteiger partial charge in [-0.05, 0) is 60.2 Å². The van der Waals surface area contributed by atoms with Gasteiger partial charge in [-0.15, -0.1) is 0 Å². The number of amides is 4. The van der Waals surface area contributed by atoms with E-state index in [9.17, 15) is 27.6 Å². The second-order valence-electron chi connectivity index (χ2n) is 9.48. The number of rotatable bonds is 7. The number of nitrogens with one attached hydrogen (secondary N) is 3. The molecule has 0 fully saturated rings. The summed E-state index contributed by atoms with van der Waals surface area (Å²) in [5, 5.41) is 6.83. The van der Waals surface area contributed by atoms with Gasteiger partial charge in [-0.25, -0.2) is 4.79 Å². The Kier molecular flexibility index (Phi) is 11.1. The molecular weight excluding hydrogens is 637 g/mol. The van der Waals surface area contributed by atoms with Gasteiger partial charge in [0, 0.05) is 42.4 Å². The van der Waals surface area contributed by atoms with Gasteiger partial charge in [0.2, 0.25) is 0 Å². The molecule has 2 aromatic heterocycles. The molecule has 0 saturated heterocycles. The zero-order valence-corrected chi connectivity index (χ0v) is 25.3. The third-order valence-electron chi connectivity index (χ3n) is 6.19. The van der Waals surface area contributed by atoms with Gasteiger partial charge in [0.1, 0.15) is 22.9 Å². The van der Waals surface area contributed by atoms with Gasteiger partial charge in [-0.2, -0.15) is 13.2 Å². The number of hydrogen-bond donors (Lipinski definition) is 4. The molecule has 0 aliphatic heterocycles. The monoisotopic (exact) mass is 662 g/mol. The number of hydrogen-bond acceptors (Lipinski definition) is 6. The molecule has 0 aliphatic carbocycles. The van der Waals surface area contributed by atoms with Crippen LogP contribution in [0.2, 0.25) is 5.02 Å².